The lowest BCUT2D eigenvalue weighted by Gasteiger charge is -2.26. The highest BCUT2D eigenvalue weighted by Crippen LogP contribution is 2.32. The van der Waals surface area contributed by atoms with Crippen molar-refractivity contribution in [1.82, 2.24) is 9.97 Å². The number of amides is 1. The van der Waals surface area contributed by atoms with E-state index in [-0.39, 0.29) is 28.8 Å². The fraction of sp³-hybridized carbons (Fsp3) is 0.455. The third kappa shape index (κ3) is 7.26. The Balaban J connectivity index is 1.80. The van der Waals surface area contributed by atoms with Crippen molar-refractivity contribution in [2.45, 2.75) is 45.8 Å². The minimum atomic E-state index is -3.09. The van der Waals surface area contributed by atoms with Crippen molar-refractivity contribution in [2.24, 2.45) is 5.92 Å². The molecule has 2 aromatic rings. The Bertz CT molecular complexity index is 991. The standard InChI is InChI=1S/C22H25F2N3O6/c1-22(2,3)33-21(29)27(12-13-5-6-13)17-10-26-18(11-25-17)31-15-7-14(19(28)30-4)8-16(9-15)32-20(23)24/h7-11,13,20H,5-6,12H2,1-4H3. The number of esters is 1. The highest BCUT2D eigenvalue weighted by Gasteiger charge is 2.31. The number of hydrogen-bond acceptors (Lipinski definition) is 8. The largest absolute Gasteiger partial charge is 0.465 e. The molecule has 0 saturated heterocycles. The summed E-state index contributed by atoms with van der Waals surface area (Å²) in [4.78, 5) is 34.3. The highest BCUT2D eigenvalue weighted by atomic mass is 19.3. The smallest absolute Gasteiger partial charge is 0.416 e. The van der Waals surface area contributed by atoms with Crippen LogP contribution in [0.1, 0.15) is 44.0 Å². The quantitative estimate of drug-likeness (QED) is 0.512. The molecular weight excluding hydrogens is 440 g/mol. The number of halogens is 2. The first-order valence-electron chi connectivity index (χ1n) is 10.2. The van der Waals surface area contributed by atoms with E-state index < -0.39 is 24.3 Å². The van der Waals surface area contributed by atoms with Gasteiger partial charge in [-0.3, -0.25) is 4.90 Å². The van der Waals surface area contributed by atoms with Crippen LogP contribution >= 0.6 is 0 Å². The maximum atomic E-state index is 12.6. The molecule has 1 aliphatic carbocycles. The van der Waals surface area contributed by atoms with E-state index in [0.717, 1.165) is 26.0 Å². The number of benzene rings is 1. The van der Waals surface area contributed by atoms with Crippen LogP contribution in [-0.2, 0) is 9.47 Å². The molecule has 0 unspecified atom stereocenters. The molecule has 1 heterocycles. The maximum Gasteiger partial charge on any atom is 0.416 e. The first-order chi connectivity index (χ1) is 15.5. The van der Waals surface area contributed by atoms with Crippen LogP contribution in [0.4, 0.5) is 19.4 Å². The molecule has 1 aliphatic rings. The van der Waals surface area contributed by atoms with Crippen molar-refractivity contribution in [3.63, 3.8) is 0 Å². The predicted octanol–water partition coefficient (Wildman–Crippen LogP) is 4.81. The maximum absolute atomic E-state index is 12.6. The van der Waals surface area contributed by atoms with Gasteiger partial charge in [0.25, 0.3) is 0 Å². The molecule has 1 amide bonds. The number of carbonyl (C=O) groups is 2. The molecule has 0 bridgehead atoms. The first-order valence-corrected chi connectivity index (χ1v) is 10.2. The van der Waals surface area contributed by atoms with E-state index in [9.17, 15) is 18.4 Å². The summed E-state index contributed by atoms with van der Waals surface area (Å²) in [5, 5.41) is 0. The minimum Gasteiger partial charge on any atom is -0.465 e. The number of rotatable bonds is 8. The molecule has 9 nitrogen and oxygen atoms in total. The average molecular weight is 465 g/mol. The molecule has 178 valence electrons. The topological polar surface area (TPSA) is 100 Å². The van der Waals surface area contributed by atoms with Crippen LogP contribution in [0.5, 0.6) is 17.4 Å². The lowest BCUT2D eigenvalue weighted by molar-refractivity contribution is -0.0500. The highest BCUT2D eigenvalue weighted by molar-refractivity contribution is 5.90. The van der Waals surface area contributed by atoms with E-state index in [2.05, 4.69) is 19.4 Å². The number of anilines is 1. The van der Waals surface area contributed by atoms with Gasteiger partial charge in [0.2, 0.25) is 5.88 Å². The zero-order valence-electron chi connectivity index (χ0n) is 18.7. The van der Waals surface area contributed by atoms with Crippen LogP contribution < -0.4 is 14.4 Å². The summed E-state index contributed by atoms with van der Waals surface area (Å²) in [7, 11) is 1.16. The van der Waals surface area contributed by atoms with Crippen molar-refractivity contribution >= 4 is 17.9 Å². The Hall–Kier alpha value is -3.50. The number of nitrogens with zero attached hydrogens (tertiary/aromatic N) is 3. The monoisotopic (exact) mass is 465 g/mol. The van der Waals surface area contributed by atoms with E-state index in [1.165, 1.54) is 29.4 Å². The zero-order valence-corrected chi connectivity index (χ0v) is 18.7. The summed E-state index contributed by atoms with van der Waals surface area (Å²) < 4.78 is 45.3. The molecule has 1 aromatic heterocycles. The fourth-order valence-corrected chi connectivity index (χ4v) is 2.80. The van der Waals surface area contributed by atoms with Gasteiger partial charge in [-0.25, -0.2) is 19.6 Å². The summed E-state index contributed by atoms with van der Waals surface area (Å²) in [5.74, 6) is -0.350. The van der Waals surface area contributed by atoms with E-state index in [4.69, 9.17) is 9.47 Å². The van der Waals surface area contributed by atoms with Crippen molar-refractivity contribution < 1.29 is 37.3 Å². The third-order valence-electron chi connectivity index (χ3n) is 4.39. The van der Waals surface area contributed by atoms with Gasteiger partial charge >= 0.3 is 18.7 Å². The molecular formula is C22H25F2N3O6. The molecule has 3 rings (SSSR count). The number of aromatic nitrogens is 2. The van der Waals surface area contributed by atoms with Gasteiger partial charge in [-0.15, -0.1) is 0 Å². The molecule has 33 heavy (non-hydrogen) atoms. The van der Waals surface area contributed by atoms with Gasteiger partial charge in [0.1, 0.15) is 17.1 Å². The molecule has 11 heteroatoms. The molecule has 0 atom stereocenters. The minimum absolute atomic E-state index is 0.0116. The second-order valence-corrected chi connectivity index (χ2v) is 8.41. The number of carbonyl (C=O) groups excluding carboxylic acids is 2. The molecule has 0 radical (unpaired) electrons. The van der Waals surface area contributed by atoms with Gasteiger partial charge in [0.05, 0.1) is 25.1 Å². The lowest BCUT2D eigenvalue weighted by Crippen LogP contribution is -2.38. The molecule has 0 aliphatic heterocycles. The van der Waals surface area contributed by atoms with Crippen LogP contribution in [0.3, 0.4) is 0 Å². The van der Waals surface area contributed by atoms with Gasteiger partial charge in [-0.2, -0.15) is 8.78 Å². The van der Waals surface area contributed by atoms with Crippen LogP contribution in [0, 0.1) is 5.92 Å². The van der Waals surface area contributed by atoms with Crippen LogP contribution in [0.2, 0.25) is 0 Å². The normalized spacial score (nSPS) is 13.4. The van der Waals surface area contributed by atoms with Gasteiger partial charge in [-0.1, -0.05) is 0 Å². The van der Waals surface area contributed by atoms with E-state index >= 15 is 0 Å². The third-order valence-corrected chi connectivity index (χ3v) is 4.39. The predicted molar refractivity (Wildman–Crippen MR) is 113 cm³/mol. The summed E-state index contributed by atoms with van der Waals surface area (Å²) >= 11 is 0. The van der Waals surface area contributed by atoms with Gasteiger partial charge in [0, 0.05) is 12.6 Å². The Morgan fingerprint density at radius 3 is 2.36 bits per heavy atom. The number of methoxy groups -OCH3 is 1. The first kappa shape index (κ1) is 24.1. The van der Waals surface area contributed by atoms with E-state index in [0.29, 0.717) is 12.5 Å². The Morgan fingerprint density at radius 2 is 1.82 bits per heavy atom. The lowest BCUT2D eigenvalue weighted by atomic mass is 10.2. The Labute approximate surface area is 189 Å². The second kappa shape index (κ2) is 9.97. The SMILES string of the molecule is COC(=O)c1cc(Oc2cnc(N(CC3CC3)C(=O)OC(C)(C)C)cn2)cc(OC(F)F)c1. The summed E-state index contributed by atoms with van der Waals surface area (Å²) in [6, 6.07) is 3.57. The molecule has 1 aromatic carbocycles. The molecule has 0 N–H and O–H groups in total. The zero-order chi connectivity index (χ0) is 24.2. The van der Waals surface area contributed by atoms with E-state index in [1.807, 2.05) is 0 Å². The second-order valence-electron chi connectivity index (χ2n) is 8.41. The van der Waals surface area contributed by atoms with Crippen molar-refractivity contribution in [1.29, 1.82) is 0 Å². The van der Waals surface area contributed by atoms with Crippen molar-refractivity contribution in [2.75, 3.05) is 18.6 Å². The summed E-state index contributed by atoms with van der Waals surface area (Å²) in [6.45, 7) is 2.70. The van der Waals surface area contributed by atoms with Gasteiger partial charge in [-0.05, 0) is 51.7 Å². The molecule has 0 spiro atoms. The number of alkyl halides is 2. The number of ether oxygens (including phenoxy) is 4. The van der Waals surface area contributed by atoms with Gasteiger partial charge in [0.15, 0.2) is 5.82 Å². The van der Waals surface area contributed by atoms with Gasteiger partial charge < -0.3 is 18.9 Å². The average Bonchev–Trinajstić information content (AvgIpc) is 3.54. The fourth-order valence-electron chi connectivity index (χ4n) is 2.80. The van der Waals surface area contributed by atoms with E-state index in [1.54, 1.807) is 20.8 Å². The molecule has 1 saturated carbocycles. The Morgan fingerprint density at radius 1 is 1.12 bits per heavy atom. The number of hydrogen-bond donors (Lipinski definition) is 0. The Kier molecular flexibility index (Phi) is 7.29. The summed E-state index contributed by atoms with van der Waals surface area (Å²) in [6.07, 6.45) is 4.14. The van der Waals surface area contributed by atoms with Crippen LogP contribution in [0.25, 0.3) is 0 Å². The van der Waals surface area contributed by atoms with Crippen molar-refractivity contribution in [3.8, 4) is 17.4 Å². The van der Waals surface area contributed by atoms with Crippen LogP contribution in [-0.4, -0.2) is 47.9 Å². The summed E-state index contributed by atoms with van der Waals surface area (Å²) in [5.41, 5.74) is -0.714. The van der Waals surface area contributed by atoms with Crippen molar-refractivity contribution in [3.05, 3.63) is 36.2 Å². The molecule has 1 fully saturated rings. The van der Waals surface area contributed by atoms with Crippen LogP contribution in [0.15, 0.2) is 30.6 Å².